The van der Waals surface area contributed by atoms with Gasteiger partial charge in [-0.3, -0.25) is 4.90 Å². The fourth-order valence-electron chi connectivity index (χ4n) is 3.33. The minimum absolute atomic E-state index is 0.473. The summed E-state index contributed by atoms with van der Waals surface area (Å²) in [6.07, 6.45) is 2.08. The number of fused-ring (bicyclic) bond motifs is 1. The van der Waals surface area contributed by atoms with Crippen LogP contribution in [0.3, 0.4) is 0 Å². The summed E-state index contributed by atoms with van der Waals surface area (Å²) in [4.78, 5) is 2.51. The van der Waals surface area contributed by atoms with Crippen molar-refractivity contribution < 1.29 is 4.74 Å². The van der Waals surface area contributed by atoms with Gasteiger partial charge >= 0.3 is 0 Å². The maximum absolute atomic E-state index is 5.88. The maximum atomic E-state index is 5.88. The summed E-state index contributed by atoms with van der Waals surface area (Å²) in [5.74, 6) is 0.935. The van der Waals surface area contributed by atoms with Crippen molar-refractivity contribution in [1.82, 2.24) is 4.90 Å². The number of hydrogen-bond acceptors (Lipinski definition) is 5. The standard InChI is InChI=1S/C19H23N3OS/c1-13-9-15-4-5-17(23-2)11-16(15)7-8-22(13)12-14-3-6-18(20)19(10-14)21-24/h3-6,10-11,13H,7-9,12,20H2,1-2H3. The lowest BCUT2D eigenvalue weighted by atomic mass is 10.0. The Kier molecular flexibility index (Phi) is 5.11. The van der Waals surface area contributed by atoms with Gasteiger partial charge in [-0.05, 0) is 60.7 Å². The molecule has 1 aliphatic heterocycles. The van der Waals surface area contributed by atoms with E-state index in [1.54, 1.807) is 7.11 Å². The maximum Gasteiger partial charge on any atom is 0.119 e. The Morgan fingerprint density at radius 3 is 2.83 bits per heavy atom. The molecule has 2 N–H and O–H groups in total. The number of nitrogens with zero attached hydrogens (tertiary/aromatic N) is 2. The summed E-state index contributed by atoms with van der Waals surface area (Å²) in [6, 6.07) is 12.8. The van der Waals surface area contributed by atoms with Crippen LogP contribution in [-0.4, -0.2) is 24.6 Å². The Balaban J connectivity index is 1.77. The van der Waals surface area contributed by atoms with Gasteiger partial charge in [-0.15, -0.1) is 0 Å². The SMILES string of the molecule is COc1ccc2c(c1)CCN(Cc1ccc(N)c(N=S)c1)C(C)C2. The quantitative estimate of drug-likeness (QED) is 0.863. The molecule has 3 rings (SSSR count). The molecular formula is C19H23N3OS. The second-order valence-electron chi connectivity index (χ2n) is 6.39. The average Bonchev–Trinajstić information content (AvgIpc) is 2.75. The van der Waals surface area contributed by atoms with Crippen molar-refractivity contribution >= 4 is 23.8 Å². The summed E-state index contributed by atoms with van der Waals surface area (Å²) in [7, 11) is 1.72. The van der Waals surface area contributed by atoms with Gasteiger partial charge in [-0.25, -0.2) is 0 Å². The Morgan fingerprint density at radius 2 is 2.08 bits per heavy atom. The summed E-state index contributed by atoms with van der Waals surface area (Å²) >= 11 is 4.81. The van der Waals surface area contributed by atoms with Crippen LogP contribution >= 0.6 is 0 Å². The summed E-state index contributed by atoms with van der Waals surface area (Å²) in [6.45, 7) is 4.19. The second-order valence-corrected chi connectivity index (χ2v) is 6.58. The van der Waals surface area contributed by atoms with Crippen molar-refractivity contribution in [1.29, 1.82) is 0 Å². The van der Waals surface area contributed by atoms with Crippen LogP contribution in [0.25, 0.3) is 0 Å². The zero-order valence-electron chi connectivity index (χ0n) is 14.2. The van der Waals surface area contributed by atoms with E-state index in [4.69, 9.17) is 22.9 Å². The molecule has 4 nitrogen and oxygen atoms in total. The predicted octanol–water partition coefficient (Wildman–Crippen LogP) is 3.63. The van der Waals surface area contributed by atoms with Crippen molar-refractivity contribution in [2.45, 2.75) is 32.4 Å². The van der Waals surface area contributed by atoms with Gasteiger partial charge in [-0.2, -0.15) is 4.36 Å². The molecule has 0 amide bonds. The molecule has 5 heteroatoms. The Morgan fingerprint density at radius 1 is 1.25 bits per heavy atom. The van der Waals surface area contributed by atoms with E-state index in [1.165, 1.54) is 16.7 Å². The Hall–Kier alpha value is -1.98. The number of methoxy groups -OCH3 is 1. The molecule has 1 aliphatic rings. The van der Waals surface area contributed by atoms with Crippen LogP contribution in [0.15, 0.2) is 40.8 Å². The minimum Gasteiger partial charge on any atom is -0.497 e. The number of anilines is 1. The van der Waals surface area contributed by atoms with Crippen LogP contribution in [0.5, 0.6) is 5.75 Å². The van der Waals surface area contributed by atoms with E-state index >= 15 is 0 Å². The van der Waals surface area contributed by atoms with Gasteiger partial charge in [0.2, 0.25) is 0 Å². The average molecular weight is 341 g/mol. The second kappa shape index (κ2) is 7.28. The first-order valence-electron chi connectivity index (χ1n) is 8.22. The topological polar surface area (TPSA) is 50.9 Å². The first-order chi connectivity index (χ1) is 11.6. The van der Waals surface area contributed by atoms with E-state index in [2.05, 4.69) is 40.5 Å². The number of hydrogen-bond donors (Lipinski definition) is 1. The molecule has 0 fully saturated rings. The molecule has 0 bridgehead atoms. The predicted molar refractivity (Wildman–Crippen MR) is 101 cm³/mol. The van der Waals surface area contributed by atoms with Gasteiger partial charge in [0.15, 0.2) is 0 Å². The van der Waals surface area contributed by atoms with Crippen LogP contribution in [0, 0.1) is 0 Å². The Labute approximate surface area is 148 Å². The fourth-order valence-corrected chi connectivity index (χ4v) is 3.49. The van der Waals surface area contributed by atoms with Crippen molar-refractivity contribution in [2.24, 2.45) is 4.36 Å². The highest BCUT2D eigenvalue weighted by Crippen LogP contribution is 2.27. The van der Waals surface area contributed by atoms with E-state index in [0.717, 1.165) is 31.7 Å². The lowest BCUT2D eigenvalue weighted by molar-refractivity contribution is 0.207. The van der Waals surface area contributed by atoms with E-state index in [0.29, 0.717) is 17.4 Å². The highest BCUT2D eigenvalue weighted by molar-refractivity contribution is 7.47. The van der Waals surface area contributed by atoms with Crippen LogP contribution in [0.4, 0.5) is 11.4 Å². The highest BCUT2D eigenvalue weighted by atomic mass is 32.1. The van der Waals surface area contributed by atoms with Crippen molar-refractivity contribution in [2.75, 3.05) is 19.4 Å². The van der Waals surface area contributed by atoms with Gasteiger partial charge in [0.05, 0.1) is 12.8 Å². The monoisotopic (exact) mass is 341 g/mol. The number of nitrogen functional groups attached to an aromatic ring is 1. The van der Waals surface area contributed by atoms with Crippen molar-refractivity contribution in [3.8, 4) is 5.75 Å². The van der Waals surface area contributed by atoms with E-state index in [9.17, 15) is 0 Å². The Bertz CT molecular complexity index is 747. The molecule has 2 aromatic carbocycles. The molecular weight excluding hydrogens is 318 g/mol. The fraction of sp³-hybridized carbons (Fsp3) is 0.368. The third-order valence-electron chi connectivity index (χ3n) is 4.80. The third-order valence-corrected chi connectivity index (χ3v) is 5.00. The number of benzene rings is 2. The minimum atomic E-state index is 0.473. The lowest BCUT2D eigenvalue weighted by Crippen LogP contribution is -2.33. The number of rotatable bonds is 4. The molecule has 0 radical (unpaired) electrons. The molecule has 0 aromatic heterocycles. The molecule has 2 aromatic rings. The molecule has 126 valence electrons. The first-order valence-corrected chi connectivity index (χ1v) is 8.59. The zero-order valence-corrected chi connectivity index (χ0v) is 15.0. The lowest BCUT2D eigenvalue weighted by Gasteiger charge is -2.27. The van der Waals surface area contributed by atoms with Crippen LogP contribution in [0.2, 0.25) is 0 Å². The molecule has 1 unspecified atom stereocenters. The first kappa shape index (κ1) is 16.9. The van der Waals surface area contributed by atoms with Crippen LogP contribution in [0.1, 0.15) is 23.6 Å². The molecule has 0 spiro atoms. The van der Waals surface area contributed by atoms with E-state index in [1.807, 2.05) is 12.1 Å². The summed E-state index contributed by atoms with van der Waals surface area (Å²) < 4.78 is 9.20. The highest BCUT2D eigenvalue weighted by Gasteiger charge is 2.21. The molecule has 0 saturated carbocycles. The molecule has 0 aliphatic carbocycles. The van der Waals surface area contributed by atoms with Gasteiger partial charge < -0.3 is 10.5 Å². The molecule has 1 heterocycles. The zero-order chi connectivity index (χ0) is 17.1. The van der Waals surface area contributed by atoms with E-state index < -0.39 is 0 Å². The summed E-state index contributed by atoms with van der Waals surface area (Å²) in [5, 5.41) is 0. The van der Waals surface area contributed by atoms with Crippen molar-refractivity contribution in [3.05, 3.63) is 53.1 Å². The molecule has 0 saturated heterocycles. The number of nitrogens with two attached hydrogens (primary N) is 1. The van der Waals surface area contributed by atoms with Crippen LogP contribution < -0.4 is 10.5 Å². The van der Waals surface area contributed by atoms with Gasteiger partial charge in [-0.1, -0.05) is 12.1 Å². The largest absolute Gasteiger partial charge is 0.497 e. The van der Waals surface area contributed by atoms with E-state index in [-0.39, 0.29) is 0 Å². The van der Waals surface area contributed by atoms with Gasteiger partial charge in [0.1, 0.15) is 11.4 Å². The molecule has 1 atom stereocenters. The summed E-state index contributed by atoms with van der Waals surface area (Å²) in [5.41, 5.74) is 11.2. The van der Waals surface area contributed by atoms with Gasteiger partial charge in [0.25, 0.3) is 0 Å². The normalized spacial score (nSPS) is 17.8. The van der Waals surface area contributed by atoms with Gasteiger partial charge in [0, 0.05) is 31.6 Å². The van der Waals surface area contributed by atoms with Crippen molar-refractivity contribution in [3.63, 3.8) is 0 Å². The van der Waals surface area contributed by atoms with Crippen LogP contribution in [-0.2, 0) is 31.8 Å². The third kappa shape index (κ3) is 3.57. The number of ether oxygens (including phenoxy) is 1. The smallest absolute Gasteiger partial charge is 0.119 e. The molecule has 24 heavy (non-hydrogen) atoms.